The van der Waals surface area contributed by atoms with Gasteiger partial charge in [-0.3, -0.25) is 9.36 Å². The second-order valence-electron chi connectivity index (χ2n) is 7.59. The summed E-state index contributed by atoms with van der Waals surface area (Å²) in [5.41, 5.74) is 2.46. The Labute approximate surface area is 178 Å². The van der Waals surface area contributed by atoms with Crippen molar-refractivity contribution in [3.63, 3.8) is 0 Å². The maximum Gasteiger partial charge on any atom is 0.346 e. The minimum absolute atomic E-state index is 0.121. The number of rotatable bonds is 5. The van der Waals surface area contributed by atoms with Gasteiger partial charge in [-0.2, -0.15) is 5.10 Å². The van der Waals surface area contributed by atoms with E-state index in [-0.39, 0.29) is 23.2 Å². The molecule has 0 spiro atoms. The van der Waals surface area contributed by atoms with Crippen molar-refractivity contribution in [2.45, 2.75) is 45.3 Å². The van der Waals surface area contributed by atoms with Gasteiger partial charge in [-0.05, 0) is 43.0 Å². The van der Waals surface area contributed by atoms with Gasteiger partial charge in [-0.1, -0.05) is 47.5 Å². The summed E-state index contributed by atoms with van der Waals surface area (Å²) in [7, 11) is 0. The number of fused-ring (bicyclic) bond motifs is 1. The van der Waals surface area contributed by atoms with Crippen molar-refractivity contribution >= 4 is 17.5 Å². The zero-order valence-corrected chi connectivity index (χ0v) is 17.3. The van der Waals surface area contributed by atoms with Crippen LogP contribution < -0.4 is 11.0 Å². The van der Waals surface area contributed by atoms with E-state index in [0.717, 1.165) is 17.5 Å². The molecule has 2 aromatic carbocycles. The molecule has 1 aliphatic rings. The van der Waals surface area contributed by atoms with Gasteiger partial charge >= 0.3 is 5.69 Å². The number of benzene rings is 2. The Kier molecular flexibility index (Phi) is 5.72. The summed E-state index contributed by atoms with van der Waals surface area (Å²) >= 11 is 6.09. The van der Waals surface area contributed by atoms with E-state index in [1.807, 2.05) is 31.2 Å². The third kappa shape index (κ3) is 4.16. The highest BCUT2D eigenvalue weighted by molar-refractivity contribution is 6.31. The van der Waals surface area contributed by atoms with Gasteiger partial charge in [0.2, 0.25) is 5.91 Å². The van der Waals surface area contributed by atoms with Gasteiger partial charge in [0.25, 0.3) is 0 Å². The van der Waals surface area contributed by atoms with E-state index >= 15 is 0 Å². The van der Waals surface area contributed by atoms with Crippen LogP contribution in [0.25, 0.3) is 0 Å². The largest absolute Gasteiger partial charge is 0.351 e. The second-order valence-corrected chi connectivity index (χ2v) is 7.99. The van der Waals surface area contributed by atoms with E-state index in [0.29, 0.717) is 30.9 Å². The molecule has 1 aromatic heterocycles. The van der Waals surface area contributed by atoms with Crippen LogP contribution in [0.5, 0.6) is 0 Å². The van der Waals surface area contributed by atoms with Gasteiger partial charge < -0.3 is 5.32 Å². The maximum absolute atomic E-state index is 13.3. The zero-order valence-electron chi connectivity index (χ0n) is 16.6. The number of halogens is 2. The summed E-state index contributed by atoms with van der Waals surface area (Å²) in [6, 6.07) is 12.0. The van der Waals surface area contributed by atoms with Crippen LogP contribution in [0.3, 0.4) is 0 Å². The van der Waals surface area contributed by atoms with E-state index in [9.17, 15) is 14.0 Å². The molecule has 0 fully saturated rings. The first kappa shape index (κ1) is 20.3. The Morgan fingerprint density at radius 2 is 2.13 bits per heavy atom. The fourth-order valence-electron chi connectivity index (χ4n) is 3.81. The second kappa shape index (κ2) is 8.44. The lowest BCUT2D eigenvalue weighted by atomic mass is 9.98. The number of carbonyl (C=O) groups excluding carboxylic acids is 1. The van der Waals surface area contributed by atoms with Crippen LogP contribution in [-0.4, -0.2) is 20.3 Å². The third-order valence-electron chi connectivity index (χ3n) is 5.34. The standard InChI is InChI=1S/C22H22ClFN4O2/c1-14-4-2-5-15(10-14)12-25-21(29)18-6-3-9-27-20(18)26-28(22(27)30)13-16-7-8-17(24)11-19(16)23/h2,4-5,7-8,10-11,18H,3,6,9,12-13H2,1H3,(H,25,29). The van der Waals surface area contributed by atoms with Gasteiger partial charge in [0.1, 0.15) is 11.6 Å². The summed E-state index contributed by atoms with van der Waals surface area (Å²) in [4.78, 5) is 25.6. The van der Waals surface area contributed by atoms with E-state index < -0.39 is 11.7 Å². The van der Waals surface area contributed by atoms with Gasteiger partial charge in [-0.15, -0.1) is 0 Å². The Hall–Kier alpha value is -2.93. The Balaban J connectivity index is 1.54. The molecule has 0 radical (unpaired) electrons. The summed E-state index contributed by atoms with van der Waals surface area (Å²) in [6.07, 6.45) is 1.35. The first-order chi connectivity index (χ1) is 14.4. The SMILES string of the molecule is Cc1cccc(CNC(=O)C2CCCn3c2nn(Cc2ccc(F)cc2Cl)c3=O)c1. The van der Waals surface area contributed by atoms with Gasteiger partial charge in [0, 0.05) is 18.1 Å². The molecule has 8 heteroatoms. The van der Waals surface area contributed by atoms with Crippen LogP contribution in [0.15, 0.2) is 47.3 Å². The van der Waals surface area contributed by atoms with Crippen molar-refractivity contribution in [2.24, 2.45) is 0 Å². The smallest absolute Gasteiger partial charge is 0.346 e. The minimum atomic E-state index is -0.485. The van der Waals surface area contributed by atoms with E-state index in [1.54, 1.807) is 4.57 Å². The van der Waals surface area contributed by atoms with Crippen LogP contribution in [0.2, 0.25) is 5.02 Å². The monoisotopic (exact) mass is 428 g/mol. The molecule has 1 atom stereocenters. The summed E-state index contributed by atoms with van der Waals surface area (Å²) in [5.74, 6) is -0.604. The topological polar surface area (TPSA) is 68.9 Å². The normalized spacial score (nSPS) is 15.6. The van der Waals surface area contributed by atoms with Gasteiger partial charge in [-0.25, -0.2) is 13.9 Å². The predicted molar refractivity (Wildman–Crippen MR) is 112 cm³/mol. The number of nitrogens with zero attached hydrogens (tertiary/aromatic N) is 3. The summed E-state index contributed by atoms with van der Waals surface area (Å²) < 4.78 is 16.1. The van der Waals surface area contributed by atoms with Crippen LogP contribution in [0.4, 0.5) is 4.39 Å². The fraction of sp³-hybridized carbons (Fsp3) is 0.318. The van der Waals surface area contributed by atoms with Crippen molar-refractivity contribution in [1.29, 1.82) is 0 Å². The average molecular weight is 429 g/mol. The molecule has 30 heavy (non-hydrogen) atoms. The summed E-state index contributed by atoms with van der Waals surface area (Å²) in [6.45, 7) is 3.07. The van der Waals surface area contributed by atoms with Crippen molar-refractivity contribution < 1.29 is 9.18 Å². The molecule has 2 heterocycles. The third-order valence-corrected chi connectivity index (χ3v) is 5.69. The average Bonchev–Trinajstić information content (AvgIpc) is 3.04. The molecule has 156 valence electrons. The first-order valence-electron chi connectivity index (χ1n) is 9.87. The van der Waals surface area contributed by atoms with Crippen molar-refractivity contribution in [1.82, 2.24) is 19.7 Å². The molecule has 0 saturated carbocycles. The highest BCUT2D eigenvalue weighted by Crippen LogP contribution is 2.25. The molecular weight excluding hydrogens is 407 g/mol. The fourth-order valence-corrected chi connectivity index (χ4v) is 4.03. The van der Waals surface area contributed by atoms with E-state index in [1.165, 1.54) is 22.9 Å². The lowest BCUT2D eigenvalue weighted by molar-refractivity contribution is -0.123. The zero-order chi connectivity index (χ0) is 21.3. The molecule has 1 aliphatic heterocycles. The molecule has 0 aliphatic carbocycles. The Bertz CT molecular complexity index is 1150. The number of aromatic nitrogens is 3. The maximum atomic E-state index is 13.3. The molecule has 0 saturated heterocycles. The van der Waals surface area contributed by atoms with Crippen molar-refractivity contribution in [3.05, 3.63) is 86.3 Å². The van der Waals surface area contributed by atoms with Crippen LogP contribution in [0.1, 0.15) is 41.3 Å². The lowest BCUT2D eigenvalue weighted by Gasteiger charge is -2.21. The first-order valence-corrected chi connectivity index (χ1v) is 10.2. The molecule has 0 bridgehead atoms. The molecule has 4 rings (SSSR count). The van der Waals surface area contributed by atoms with Gasteiger partial charge in [0.05, 0.1) is 12.5 Å². The molecule has 1 N–H and O–H groups in total. The van der Waals surface area contributed by atoms with E-state index in [2.05, 4.69) is 10.4 Å². The molecular formula is C22H22ClFN4O2. The number of hydrogen-bond acceptors (Lipinski definition) is 3. The number of carbonyl (C=O) groups is 1. The molecule has 1 unspecified atom stereocenters. The predicted octanol–water partition coefficient (Wildman–Crippen LogP) is 3.39. The number of aryl methyl sites for hydroxylation is 1. The van der Waals surface area contributed by atoms with E-state index in [4.69, 9.17) is 11.6 Å². The van der Waals surface area contributed by atoms with Gasteiger partial charge in [0.15, 0.2) is 0 Å². The number of amides is 1. The minimum Gasteiger partial charge on any atom is -0.351 e. The molecule has 3 aromatic rings. The molecule has 6 nitrogen and oxygen atoms in total. The molecule has 1 amide bonds. The summed E-state index contributed by atoms with van der Waals surface area (Å²) in [5, 5.41) is 7.64. The van der Waals surface area contributed by atoms with Crippen LogP contribution >= 0.6 is 11.6 Å². The number of nitrogens with one attached hydrogen (secondary N) is 1. The highest BCUT2D eigenvalue weighted by atomic mass is 35.5. The Morgan fingerprint density at radius 1 is 1.30 bits per heavy atom. The number of hydrogen-bond donors (Lipinski definition) is 1. The van der Waals surface area contributed by atoms with Crippen molar-refractivity contribution in [3.8, 4) is 0 Å². The lowest BCUT2D eigenvalue weighted by Crippen LogP contribution is -2.35. The Morgan fingerprint density at radius 3 is 2.90 bits per heavy atom. The quantitative estimate of drug-likeness (QED) is 0.677. The van der Waals surface area contributed by atoms with Crippen molar-refractivity contribution in [2.75, 3.05) is 0 Å². The van der Waals surface area contributed by atoms with Crippen LogP contribution in [0, 0.1) is 12.7 Å². The highest BCUT2D eigenvalue weighted by Gasteiger charge is 2.31. The van der Waals surface area contributed by atoms with Crippen LogP contribution in [-0.2, 0) is 24.4 Å².